The minimum Gasteiger partial charge on any atom is -0.454 e. The summed E-state index contributed by atoms with van der Waals surface area (Å²) in [6.07, 6.45) is 1.30. The van der Waals surface area contributed by atoms with E-state index in [1.54, 1.807) is 35.2 Å². The van der Waals surface area contributed by atoms with Gasteiger partial charge in [-0.3, -0.25) is 4.79 Å². The summed E-state index contributed by atoms with van der Waals surface area (Å²) in [5.41, 5.74) is 1.66. The van der Waals surface area contributed by atoms with Gasteiger partial charge < -0.3 is 15.0 Å². The lowest BCUT2D eigenvalue weighted by molar-refractivity contribution is 0.0988. The van der Waals surface area contributed by atoms with Crippen LogP contribution in [-0.4, -0.2) is 12.5 Å². The van der Waals surface area contributed by atoms with E-state index in [1.807, 2.05) is 31.2 Å². The number of allylic oxidation sites excluding steroid dienone is 1. The molecule has 2 aromatic carbocycles. The van der Waals surface area contributed by atoms with Crippen LogP contribution in [0.15, 0.2) is 54.2 Å². The molecule has 1 aliphatic rings. The summed E-state index contributed by atoms with van der Waals surface area (Å²) in [6.45, 7) is 2.40. The largest absolute Gasteiger partial charge is 0.454 e. The molecule has 1 heterocycles. The first-order valence-corrected chi connectivity index (χ1v) is 7.67. The molecule has 6 nitrogen and oxygen atoms in total. The van der Waals surface area contributed by atoms with Gasteiger partial charge in [-0.15, -0.1) is 0 Å². The van der Waals surface area contributed by atoms with E-state index in [9.17, 15) is 4.79 Å². The molecule has 0 saturated carbocycles. The molecule has 0 aromatic heterocycles. The maximum atomic E-state index is 12.9. The normalized spacial score (nSPS) is 11.8. The van der Waals surface area contributed by atoms with Crippen LogP contribution in [0.3, 0.4) is 0 Å². The van der Waals surface area contributed by atoms with Crippen molar-refractivity contribution in [2.75, 3.05) is 16.8 Å². The molecule has 0 bridgehead atoms. The number of para-hydroxylation sites is 2. The van der Waals surface area contributed by atoms with Gasteiger partial charge in [0, 0.05) is 18.4 Å². The molecule has 0 spiro atoms. The number of rotatable bonds is 3. The van der Waals surface area contributed by atoms with E-state index in [4.69, 9.17) is 15.3 Å². The Morgan fingerprint density at radius 3 is 2.68 bits per heavy atom. The van der Waals surface area contributed by atoms with Gasteiger partial charge in [-0.1, -0.05) is 12.1 Å². The lowest BCUT2D eigenvalue weighted by Crippen LogP contribution is -2.29. The van der Waals surface area contributed by atoms with Crippen molar-refractivity contribution in [3.05, 3.63) is 59.8 Å². The fourth-order valence-electron chi connectivity index (χ4n) is 2.57. The van der Waals surface area contributed by atoms with Crippen molar-refractivity contribution in [2.45, 2.75) is 6.92 Å². The van der Waals surface area contributed by atoms with Gasteiger partial charge in [0.15, 0.2) is 5.75 Å². The van der Waals surface area contributed by atoms with E-state index in [1.165, 1.54) is 6.20 Å². The summed E-state index contributed by atoms with van der Waals surface area (Å²) in [4.78, 5) is 14.6. The van der Waals surface area contributed by atoms with Crippen LogP contribution in [0.1, 0.15) is 17.3 Å². The Morgan fingerprint density at radius 2 is 1.96 bits per heavy atom. The highest BCUT2D eigenvalue weighted by Gasteiger charge is 2.27. The lowest BCUT2D eigenvalue weighted by atomic mass is 10.1. The maximum Gasteiger partial charge on any atom is 0.262 e. The first kappa shape index (κ1) is 16.1. The van der Waals surface area contributed by atoms with Crippen LogP contribution in [0, 0.1) is 22.7 Å². The fraction of sp³-hybridized carbons (Fsp3) is 0.105. The van der Waals surface area contributed by atoms with Gasteiger partial charge in [0.25, 0.3) is 5.91 Å². The van der Waals surface area contributed by atoms with E-state index >= 15 is 0 Å². The summed E-state index contributed by atoms with van der Waals surface area (Å²) >= 11 is 0. The molecule has 0 unspecified atom stereocenters. The Bertz CT molecular complexity index is 935. The van der Waals surface area contributed by atoms with Gasteiger partial charge in [-0.2, -0.15) is 10.5 Å². The number of carbonyl (C=O) groups is 1. The minimum atomic E-state index is -0.170. The molecular weight excluding hydrogens is 316 g/mol. The molecule has 3 rings (SSSR count). The topological polar surface area (TPSA) is 89.2 Å². The monoisotopic (exact) mass is 330 g/mol. The summed E-state index contributed by atoms with van der Waals surface area (Å²) in [5, 5.41) is 20.4. The maximum absolute atomic E-state index is 12.9. The number of amides is 1. The molecule has 25 heavy (non-hydrogen) atoms. The number of hydrogen-bond donors (Lipinski definition) is 1. The van der Waals surface area contributed by atoms with Crippen LogP contribution in [0.2, 0.25) is 0 Å². The van der Waals surface area contributed by atoms with E-state index < -0.39 is 0 Å². The number of anilines is 2. The second kappa shape index (κ2) is 6.77. The van der Waals surface area contributed by atoms with Crippen molar-refractivity contribution >= 4 is 17.3 Å². The van der Waals surface area contributed by atoms with Crippen molar-refractivity contribution in [1.82, 2.24) is 0 Å². The molecule has 1 N–H and O–H groups in total. The lowest BCUT2D eigenvalue weighted by Gasteiger charge is -2.19. The molecular formula is C19H14N4O2. The molecule has 0 atom stereocenters. The van der Waals surface area contributed by atoms with E-state index in [-0.39, 0.29) is 11.5 Å². The molecule has 0 aliphatic carbocycles. The first-order chi connectivity index (χ1) is 12.2. The third kappa shape index (κ3) is 3.01. The van der Waals surface area contributed by atoms with Crippen LogP contribution < -0.4 is 15.0 Å². The summed E-state index contributed by atoms with van der Waals surface area (Å²) in [6, 6.07) is 16.0. The van der Waals surface area contributed by atoms with Crippen molar-refractivity contribution in [3.8, 4) is 23.6 Å². The zero-order valence-corrected chi connectivity index (χ0v) is 13.5. The van der Waals surface area contributed by atoms with Gasteiger partial charge in [0.1, 0.15) is 23.5 Å². The van der Waals surface area contributed by atoms with Crippen LogP contribution in [0.4, 0.5) is 11.4 Å². The minimum absolute atomic E-state index is 0.0555. The van der Waals surface area contributed by atoms with Crippen molar-refractivity contribution in [3.63, 3.8) is 0 Å². The number of fused-ring (bicyclic) bond motifs is 2. The van der Waals surface area contributed by atoms with E-state index in [0.717, 1.165) is 5.69 Å². The molecule has 0 saturated heterocycles. The number of hydrogen-bond acceptors (Lipinski definition) is 5. The molecule has 1 aliphatic heterocycles. The Morgan fingerprint density at radius 1 is 1.20 bits per heavy atom. The molecule has 2 aromatic rings. The number of benzene rings is 2. The van der Waals surface area contributed by atoms with E-state index in [2.05, 4.69) is 5.32 Å². The van der Waals surface area contributed by atoms with Crippen LogP contribution in [-0.2, 0) is 0 Å². The average Bonchev–Trinajstić information content (AvgIpc) is 2.76. The van der Waals surface area contributed by atoms with Crippen molar-refractivity contribution < 1.29 is 9.53 Å². The number of ether oxygens (including phenoxy) is 1. The van der Waals surface area contributed by atoms with Crippen LogP contribution >= 0.6 is 0 Å². The second-order valence-electron chi connectivity index (χ2n) is 5.26. The summed E-state index contributed by atoms with van der Waals surface area (Å²) in [7, 11) is 0. The van der Waals surface area contributed by atoms with Gasteiger partial charge in [0.05, 0.1) is 11.3 Å². The van der Waals surface area contributed by atoms with Gasteiger partial charge in [-0.05, 0) is 37.3 Å². The van der Waals surface area contributed by atoms with Crippen LogP contribution in [0.5, 0.6) is 11.5 Å². The molecule has 1 amide bonds. The Kier molecular flexibility index (Phi) is 4.36. The van der Waals surface area contributed by atoms with Gasteiger partial charge in [-0.25, -0.2) is 0 Å². The highest BCUT2D eigenvalue weighted by atomic mass is 16.5. The van der Waals surface area contributed by atoms with E-state index in [0.29, 0.717) is 29.3 Å². The smallest absolute Gasteiger partial charge is 0.262 e. The molecule has 0 fully saturated rings. The SMILES string of the molecule is CCN1C(=O)c2cc(NC=C(C#N)C#N)ccc2Oc2ccccc21. The second-order valence-corrected chi connectivity index (χ2v) is 5.26. The van der Waals surface area contributed by atoms with Crippen molar-refractivity contribution in [1.29, 1.82) is 10.5 Å². The number of carbonyl (C=O) groups excluding carboxylic acids is 1. The highest BCUT2D eigenvalue weighted by Crippen LogP contribution is 2.39. The zero-order chi connectivity index (χ0) is 17.8. The number of nitrogens with zero attached hydrogens (tertiary/aromatic N) is 3. The predicted octanol–water partition coefficient (Wildman–Crippen LogP) is 3.80. The quantitative estimate of drug-likeness (QED) is 0.865. The van der Waals surface area contributed by atoms with Gasteiger partial charge >= 0.3 is 0 Å². The number of nitrogens with one attached hydrogen (secondary N) is 1. The third-order valence-corrected chi connectivity index (χ3v) is 3.77. The third-order valence-electron chi connectivity index (χ3n) is 3.77. The summed E-state index contributed by atoms with van der Waals surface area (Å²) in [5.74, 6) is 0.910. The molecule has 6 heteroatoms. The highest BCUT2D eigenvalue weighted by molar-refractivity contribution is 6.10. The first-order valence-electron chi connectivity index (χ1n) is 7.67. The Hall–Kier alpha value is -3.77. The predicted molar refractivity (Wildman–Crippen MR) is 93.2 cm³/mol. The Labute approximate surface area is 145 Å². The number of nitriles is 2. The van der Waals surface area contributed by atoms with Gasteiger partial charge in [0.2, 0.25) is 0 Å². The molecule has 0 radical (unpaired) electrons. The fourth-order valence-corrected chi connectivity index (χ4v) is 2.57. The van der Waals surface area contributed by atoms with Crippen LogP contribution in [0.25, 0.3) is 0 Å². The van der Waals surface area contributed by atoms with Crippen molar-refractivity contribution in [2.24, 2.45) is 0 Å². The molecule has 122 valence electrons. The zero-order valence-electron chi connectivity index (χ0n) is 13.5. The Balaban J connectivity index is 2.02. The standard InChI is InChI=1S/C19H14N4O2/c1-2-23-16-5-3-4-6-18(16)25-17-8-7-14(9-15(17)19(23)24)22-12-13(10-20)11-21/h3-9,12,22H,2H2,1H3. The summed E-state index contributed by atoms with van der Waals surface area (Å²) < 4.78 is 5.92. The average molecular weight is 330 g/mol.